The molecule has 3 rings (SSSR count). The SMILES string of the molecule is c1c(CNC2CC2)noc1CN1CCCCCCC1. The van der Waals surface area contributed by atoms with E-state index in [-0.39, 0.29) is 0 Å². The van der Waals surface area contributed by atoms with E-state index in [0.29, 0.717) is 0 Å². The molecule has 1 N–H and O–H groups in total. The molecule has 0 spiro atoms. The van der Waals surface area contributed by atoms with Gasteiger partial charge in [-0.3, -0.25) is 4.90 Å². The molecule has 4 heteroatoms. The van der Waals surface area contributed by atoms with E-state index < -0.39 is 0 Å². The molecule has 1 saturated heterocycles. The summed E-state index contributed by atoms with van der Waals surface area (Å²) in [7, 11) is 0. The highest BCUT2D eigenvalue weighted by Gasteiger charge is 2.20. The number of hydrogen-bond donors (Lipinski definition) is 1. The third-order valence-electron chi connectivity index (χ3n) is 4.09. The van der Waals surface area contributed by atoms with Crippen molar-refractivity contribution in [2.24, 2.45) is 0 Å². The van der Waals surface area contributed by atoms with E-state index in [4.69, 9.17) is 4.52 Å². The number of nitrogens with zero attached hydrogens (tertiary/aromatic N) is 2. The number of hydrogen-bond acceptors (Lipinski definition) is 4. The Hall–Kier alpha value is -0.870. The summed E-state index contributed by atoms with van der Waals surface area (Å²) in [6.45, 7) is 4.19. The average Bonchev–Trinajstić information content (AvgIpc) is 3.10. The molecule has 19 heavy (non-hydrogen) atoms. The van der Waals surface area contributed by atoms with Crippen molar-refractivity contribution in [3.05, 3.63) is 17.5 Å². The molecule has 2 heterocycles. The molecule has 106 valence electrons. The Labute approximate surface area is 115 Å². The van der Waals surface area contributed by atoms with Gasteiger partial charge < -0.3 is 9.84 Å². The lowest BCUT2D eigenvalue weighted by molar-refractivity contribution is 0.212. The maximum atomic E-state index is 5.46. The highest BCUT2D eigenvalue weighted by molar-refractivity contribution is 5.05. The van der Waals surface area contributed by atoms with Gasteiger partial charge >= 0.3 is 0 Å². The van der Waals surface area contributed by atoms with Crippen molar-refractivity contribution in [3.8, 4) is 0 Å². The van der Waals surface area contributed by atoms with Crippen LogP contribution >= 0.6 is 0 Å². The van der Waals surface area contributed by atoms with Gasteiger partial charge in [0.15, 0.2) is 5.76 Å². The first-order valence-corrected chi connectivity index (χ1v) is 7.80. The first kappa shape index (κ1) is 13.1. The van der Waals surface area contributed by atoms with Gasteiger partial charge in [0.2, 0.25) is 0 Å². The van der Waals surface area contributed by atoms with Crippen molar-refractivity contribution in [2.45, 2.75) is 64.1 Å². The van der Waals surface area contributed by atoms with Crippen molar-refractivity contribution in [2.75, 3.05) is 13.1 Å². The zero-order chi connectivity index (χ0) is 12.9. The molecule has 0 aromatic carbocycles. The number of nitrogens with one attached hydrogen (secondary N) is 1. The van der Waals surface area contributed by atoms with E-state index in [2.05, 4.69) is 21.4 Å². The van der Waals surface area contributed by atoms with Crippen LogP contribution in [0.1, 0.15) is 56.4 Å². The second-order valence-electron chi connectivity index (χ2n) is 5.98. The third kappa shape index (κ3) is 4.32. The molecule has 1 aliphatic carbocycles. The predicted octanol–water partition coefficient (Wildman–Crippen LogP) is 2.69. The lowest BCUT2D eigenvalue weighted by Gasteiger charge is -2.22. The van der Waals surface area contributed by atoms with Gasteiger partial charge in [0, 0.05) is 18.7 Å². The summed E-state index contributed by atoms with van der Waals surface area (Å²) < 4.78 is 5.46. The first-order chi connectivity index (χ1) is 9.40. The Morgan fingerprint density at radius 1 is 1.16 bits per heavy atom. The molecular formula is C15H25N3O. The van der Waals surface area contributed by atoms with Crippen molar-refractivity contribution in [1.82, 2.24) is 15.4 Å². The second-order valence-corrected chi connectivity index (χ2v) is 5.98. The van der Waals surface area contributed by atoms with Crippen LogP contribution in [-0.4, -0.2) is 29.2 Å². The van der Waals surface area contributed by atoms with E-state index >= 15 is 0 Å². The van der Waals surface area contributed by atoms with E-state index in [9.17, 15) is 0 Å². The van der Waals surface area contributed by atoms with E-state index in [0.717, 1.165) is 30.6 Å². The first-order valence-electron chi connectivity index (χ1n) is 7.80. The van der Waals surface area contributed by atoms with Gasteiger partial charge in [-0.25, -0.2) is 0 Å². The van der Waals surface area contributed by atoms with E-state index in [1.54, 1.807) is 0 Å². The van der Waals surface area contributed by atoms with E-state index in [1.807, 2.05) is 0 Å². The molecule has 0 atom stereocenters. The zero-order valence-corrected chi connectivity index (χ0v) is 11.7. The standard InChI is InChI=1S/C15H25N3O/c1-2-4-8-18(9-5-3-1)12-15-10-14(17-19-15)11-16-13-6-7-13/h10,13,16H,1-9,11-12H2. The quantitative estimate of drug-likeness (QED) is 0.887. The maximum Gasteiger partial charge on any atom is 0.151 e. The van der Waals surface area contributed by atoms with Crippen LogP contribution in [0.5, 0.6) is 0 Å². The number of rotatable bonds is 5. The number of aromatic nitrogens is 1. The fourth-order valence-corrected chi connectivity index (χ4v) is 2.74. The molecule has 2 aliphatic rings. The van der Waals surface area contributed by atoms with Gasteiger partial charge in [0.05, 0.1) is 12.2 Å². The summed E-state index contributed by atoms with van der Waals surface area (Å²) in [6, 6.07) is 2.85. The van der Waals surface area contributed by atoms with Crippen LogP contribution in [0.3, 0.4) is 0 Å². The molecule has 1 saturated carbocycles. The molecule has 0 bridgehead atoms. The predicted molar refractivity (Wildman–Crippen MR) is 74.7 cm³/mol. The van der Waals surface area contributed by atoms with Gasteiger partial charge in [0.1, 0.15) is 0 Å². The number of likely N-dealkylation sites (tertiary alicyclic amines) is 1. The fourth-order valence-electron chi connectivity index (χ4n) is 2.74. The highest BCUT2D eigenvalue weighted by atomic mass is 16.5. The molecular weight excluding hydrogens is 238 g/mol. The normalized spacial score (nSPS) is 22.1. The maximum absolute atomic E-state index is 5.46. The largest absolute Gasteiger partial charge is 0.360 e. The summed E-state index contributed by atoms with van der Waals surface area (Å²) in [6.07, 6.45) is 9.45. The monoisotopic (exact) mass is 263 g/mol. The smallest absolute Gasteiger partial charge is 0.151 e. The Bertz CT molecular complexity index is 378. The molecule has 0 amide bonds. The summed E-state index contributed by atoms with van der Waals surface area (Å²) in [5, 5.41) is 7.63. The second kappa shape index (κ2) is 6.53. The topological polar surface area (TPSA) is 41.3 Å². The summed E-state index contributed by atoms with van der Waals surface area (Å²) >= 11 is 0. The van der Waals surface area contributed by atoms with Crippen LogP contribution in [0.15, 0.2) is 10.6 Å². The van der Waals surface area contributed by atoms with Crippen molar-refractivity contribution < 1.29 is 4.52 Å². The lowest BCUT2D eigenvalue weighted by atomic mass is 10.1. The fraction of sp³-hybridized carbons (Fsp3) is 0.800. The Balaban J connectivity index is 1.47. The van der Waals surface area contributed by atoms with Crippen LogP contribution in [0.4, 0.5) is 0 Å². The molecule has 0 radical (unpaired) electrons. The van der Waals surface area contributed by atoms with Gasteiger partial charge in [-0.2, -0.15) is 0 Å². The van der Waals surface area contributed by atoms with Crippen molar-refractivity contribution in [3.63, 3.8) is 0 Å². The van der Waals surface area contributed by atoms with Gasteiger partial charge in [-0.05, 0) is 38.8 Å². The lowest BCUT2D eigenvalue weighted by Crippen LogP contribution is -2.26. The van der Waals surface area contributed by atoms with Crippen molar-refractivity contribution in [1.29, 1.82) is 0 Å². The Morgan fingerprint density at radius 2 is 1.89 bits per heavy atom. The Morgan fingerprint density at radius 3 is 2.63 bits per heavy atom. The third-order valence-corrected chi connectivity index (χ3v) is 4.09. The molecule has 4 nitrogen and oxygen atoms in total. The van der Waals surface area contributed by atoms with Gasteiger partial charge in [-0.1, -0.05) is 24.4 Å². The Kier molecular flexibility index (Phi) is 4.51. The molecule has 2 fully saturated rings. The van der Waals surface area contributed by atoms with Crippen molar-refractivity contribution >= 4 is 0 Å². The molecule has 1 aliphatic heterocycles. The summed E-state index contributed by atoms with van der Waals surface area (Å²) in [5.74, 6) is 1.02. The minimum absolute atomic E-state index is 0.731. The molecule has 1 aromatic heterocycles. The zero-order valence-electron chi connectivity index (χ0n) is 11.7. The van der Waals surface area contributed by atoms with Gasteiger partial charge in [0.25, 0.3) is 0 Å². The van der Waals surface area contributed by atoms with Gasteiger partial charge in [-0.15, -0.1) is 0 Å². The van der Waals surface area contributed by atoms with Crippen LogP contribution < -0.4 is 5.32 Å². The summed E-state index contributed by atoms with van der Waals surface area (Å²) in [5.41, 5.74) is 1.05. The van der Waals surface area contributed by atoms with Crippen LogP contribution in [-0.2, 0) is 13.1 Å². The molecule has 0 unspecified atom stereocenters. The van der Waals surface area contributed by atoms with E-state index in [1.165, 1.54) is 58.0 Å². The van der Waals surface area contributed by atoms with Crippen LogP contribution in [0.2, 0.25) is 0 Å². The minimum atomic E-state index is 0.731. The van der Waals surface area contributed by atoms with Crippen LogP contribution in [0.25, 0.3) is 0 Å². The highest BCUT2D eigenvalue weighted by Crippen LogP contribution is 2.19. The summed E-state index contributed by atoms with van der Waals surface area (Å²) in [4.78, 5) is 2.51. The minimum Gasteiger partial charge on any atom is -0.360 e. The molecule has 1 aromatic rings. The average molecular weight is 263 g/mol. The van der Waals surface area contributed by atoms with Crippen LogP contribution in [0, 0.1) is 0 Å².